The van der Waals surface area contributed by atoms with Gasteiger partial charge in [-0.1, -0.05) is 78.3 Å². The molecule has 2 aromatic rings. The Bertz CT molecular complexity index is 656. The molecule has 1 aliphatic carbocycles. The third kappa shape index (κ3) is 3.12. The summed E-state index contributed by atoms with van der Waals surface area (Å²) >= 11 is 16.2. The molecule has 21 heavy (non-hydrogen) atoms. The molecule has 0 radical (unpaired) electrons. The summed E-state index contributed by atoms with van der Waals surface area (Å²) in [5.74, 6) is 0. The lowest BCUT2D eigenvalue weighted by atomic mass is 10.4. The third-order valence-electron chi connectivity index (χ3n) is 3.25. The van der Waals surface area contributed by atoms with Gasteiger partial charge in [0, 0.05) is 4.48 Å². The number of hydrogen-bond donors (Lipinski definition) is 0. The van der Waals surface area contributed by atoms with E-state index in [1.807, 2.05) is 12.1 Å². The Morgan fingerprint density at radius 2 is 1.33 bits per heavy atom. The average Bonchev–Trinajstić information content (AvgIpc) is 2.78. The van der Waals surface area contributed by atoms with Crippen LogP contribution in [0.2, 0.25) is 0 Å². The van der Waals surface area contributed by atoms with Gasteiger partial charge in [-0.2, -0.15) is 0 Å². The summed E-state index contributed by atoms with van der Waals surface area (Å²) in [6, 6.07) is 21.0. The van der Waals surface area contributed by atoms with Crippen LogP contribution in [0.25, 0.3) is 0 Å². The Morgan fingerprint density at radius 1 is 0.857 bits per heavy atom. The van der Waals surface area contributed by atoms with Crippen LogP contribution in [-0.4, -0.2) is 5.38 Å². The molecule has 0 amide bonds. The second-order valence-corrected chi connectivity index (χ2v) is 8.48. The van der Waals surface area contributed by atoms with Crippen LogP contribution in [-0.2, 0) is 0 Å². The number of rotatable bonds is 3. The van der Waals surface area contributed by atoms with Crippen molar-refractivity contribution in [3.63, 3.8) is 0 Å². The van der Waals surface area contributed by atoms with E-state index in [1.54, 1.807) is 0 Å². The van der Waals surface area contributed by atoms with Crippen LogP contribution >= 0.6 is 47.1 Å². The number of hydrogen-bond acceptors (Lipinski definition) is 0. The lowest BCUT2D eigenvalue weighted by molar-refractivity contribution is 1.41. The molecule has 1 atom stereocenters. The molecule has 0 N–H and O–H groups in total. The molecule has 0 aromatic heterocycles. The van der Waals surface area contributed by atoms with Crippen molar-refractivity contribution in [3.05, 3.63) is 81.6 Å². The van der Waals surface area contributed by atoms with Gasteiger partial charge in [0.25, 0.3) is 0 Å². The van der Waals surface area contributed by atoms with E-state index < -0.39 is 7.92 Å². The molecule has 0 bridgehead atoms. The van der Waals surface area contributed by atoms with Gasteiger partial charge in [0.05, 0.1) is 10.4 Å². The SMILES string of the molecule is ClC1=C(Br)C(P(c2ccccc2)c2ccccc2)=CC1Cl. The number of allylic oxidation sites excluding steroid dienone is 4. The predicted molar refractivity (Wildman–Crippen MR) is 98.6 cm³/mol. The fourth-order valence-corrected chi connectivity index (χ4v) is 6.29. The van der Waals surface area contributed by atoms with Gasteiger partial charge in [0.15, 0.2) is 0 Å². The van der Waals surface area contributed by atoms with Crippen LogP contribution in [0, 0.1) is 0 Å². The largest absolute Gasteiger partial charge is 0.112 e. The van der Waals surface area contributed by atoms with Gasteiger partial charge in [-0.25, -0.2) is 0 Å². The maximum Gasteiger partial charge on any atom is 0.0893 e. The monoisotopic (exact) mass is 396 g/mol. The second kappa shape index (κ2) is 6.67. The van der Waals surface area contributed by atoms with Crippen LogP contribution in [0.1, 0.15) is 0 Å². The summed E-state index contributed by atoms with van der Waals surface area (Å²) in [4.78, 5) is 0. The Morgan fingerprint density at radius 3 is 1.71 bits per heavy atom. The summed E-state index contributed by atoms with van der Waals surface area (Å²) < 4.78 is 0.933. The van der Waals surface area contributed by atoms with Crippen molar-refractivity contribution < 1.29 is 0 Å². The van der Waals surface area contributed by atoms with Gasteiger partial charge in [-0.05, 0) is 39.8 Å². The Labute approximate surface area is 144 Å². The summed E-state index contributed by atoms with van der Waals surface area (Å²) in [7, 11) is -0.657. The quantitative estimate of drug-likeness (QED) is 0.475. The zero-order chi connectivity index (χ0) is 14.8. The van der Waals surface area contributed by atoms with Gasteiger partial charge in [-0.15, -0.1) is 11.6 Å². The Kier molecular flexibility index (Phi) is 4.86. The van der Waals surface area contributed by atoms with Gasteiger partial charge < -0.3 is 0 Å². The molecule has 0 saturated carbocycles. The molecular weight excluding hydrogens is 386 g/mol. The highest BCUT2D eigenvalue weighted by Gasteiger charge is 2.29. The van der Waals surface area contributed by atoms with Crippen LogP contribution in [0.3, 0.4) is 0 Å². The van der Waals surface area contributed by atoms with Gasteiger partial charge in [0.2, 0.25) is 0 Å². The third-order valence-corrected chi connectivity index (χ3v) is 8.00. The molecule has 2 aromatic carbocycles. The molecule has 3 rings (SSSR count). The summed E-state index contributed by atoms with van der Waals surface area (Å²) in [5, 5.41) is 4.20. The van der Waals surface area contributed by atoms with E-state index in [2.05, 4.69) is 70.5 Å². The molecule has 0 heterocycles. The number of alkyl halides is 1. The topological polar surface area (TPSA) is 0 Å². The van der Waals surface area contributed by atoms with E-state index >= 15 is 0 Å². The van der Waals surface area contributed by atoms with Crippen molar-refractivity contribution in [1.29, 1.82) is 0 Å². The number of benzene rings is 2. The van der Waals surface area contributed by atoms with Crippen LogP contribution in [0.5, 0.6) is 0 Å². The standard InChI is InChI=1S/C17H12BrCl2P/c18-16-15(11-14(19)17(16)20)21(12-7-3-1-4-8-12)13-9-5-2-6-10-13/h1-11,14H. The van der Waals surface area contributed by atoms with E-state index in [0.29, 0.717) is 5.03 Å². The highest BCUT2D eigenvalue weighted by Crippen LogP contribution is 2.53. The molecular formula is C17H12BrCl2P. The normalized spacial score (nSPS) is 18.3. The molecule has 0 aliphatic heterocycles. The minimum atomic E-state index is -0.657. The van der Waals surface area contributed by atoms with Crippen molar-refractivity contribution in [2.24, 2.45) is 0 Å². The van der Waals surface area contributed by atoms with Crippen LogP contribution < -0.4 is 10.6 Å². The Balaban J connectivity index is 2.13. The second-order valence-electron chi connectivity index (χ2n) is 4.62. The fourth-order valence-electron chi connectivity index (χ4n) is 2.28. The van der Waals surface area contributed by atoms with Gasteiger partial charge in [-0.3, -0.25) is 0 Å². The predicted octanol–water partition coefficient (Wildman–Crippen LogP) is 5.47. The summed E-state index contributed by atoms with van der Waals surface area (Å²) in [5.41, 5.74) is 0. The van der Waals surface area contributed by atoms with E-state index in [-0.39, 0.29) is 5.38 Å². The molecule has 0 saturated heterocycles. The van der Waals surface area contributed by atoms with Crippen LogP contribution in [0.4, 0.5) is 0 Å². The first-order chi connectivity index (χ1) is 10.2. The number of halogens is 3. The summed E-state index contributed by atoms with van der Waals surface area (Å²) in [6.45, 7) is 0. The molecule has 0 nitrogen and oxygen atoms in total. The maximum absolute atomic E-state index is 6.29. The van der Waals surface area contributed by atoms with Crippen molar-refractivity contribution in [2.75, 3.05) is 0 Å². The van der Waals surface area contributed by atoms with Crippen molar-refractivity contribution in [3.8, 4) is 0 Å². The lowest BCUT2D eigenvalue weighted by Gasteiger charge is -2.20. The molecule has 1 unspecified atom stereocenters. The highest BCUT2D eigenvalue weighted by molar-refractivity contribution is 9.12. The van der Waals surface area contributed by atoms with Gasteiger partial charge in [0.1, 0.15) is 0 Å². The van der Waals surface area contributed by atoms with E-state index in [9.17, 15) is 0 Å². The molecule has 106 valence electrons. The average molecular weight is 398 g/mol. The zero-order valence-corrected chi connectivity index (χ0v) is 15.0. The smallest absolute Gasteiger partial charge is 0.0893 e. The Hall–Kier alpha value is -0.590. The van der Waals surface area contributed by atoms with Crippen molar-refractivity contribution in [2.45, 2.75) is 5.38 Å². The maximum atomic E-state index is 6.29. The van der Waals surface area contributed by atoms with E-state index in [1.165, 1.54) is 15.9 Å². The van der Waals surface area contributed by atoms with Crippen molar-refractivity contribution >= 4 is 57.7 Å². The molecule has 1 aliphatic rings. The molecule has 0 spiro atoms. The van der Waals surface area contributed by atoms with E-state index in [4.69, 9.17) is 23.2 Å². The van der Waals surface area contributed by atoms with Crippen molar-refractivity contribution in [1.82, 2.24) is 0 Å². The minimum absolute atomic E-state index is 0.242. The molecule has 0 fully saturated rings. The summed E-state index contributed by atoms with van der Waals surface area (Å²) in [6.07, 6.45) is 2.06. The lowest BCUT2D eigenvalue weighted by Crippen LogP contribution is -2.12. The highest BCUT2D eigenvalue weighted by atomic mass is 79.9. The molecule has 4 heteroatoms. The first kappa shape index (κ1) is 15.3. The first-order valence-corrected chi connectivity index (χ1v) is 9.45. The van der Waals surface area contributed by atoms with Gasteiger partial charge >= 0.3 is 0 Å². The fraction of sp³-hybridized carbons (Fsp3) is 0.0588. The van der Waals surface area contributed by atoms with Crippen LogP contribution in [0.15, 0.2) is 81.6 Å². The first-order valence-electron chi connectivity index (χ1n) is 6.50. The minimum Gasteiger partial charge on any atom is -0.112 e. The zero-order valence-electron chi connectivity index (χ0n) is 11.0. The van der Waals surface area contributed by atoms with E-state index in [0.717, 1.165) is 4.48 Å².